The number of nitrogens with zero attached hydrogens (tertiary/aromatic N) is 2. The number of hydrogen-bond donors (Lipinski definition) is 2. The van der Waals surface area contributed by atoms with Crippen molar-refractivity contribution in [3.8, 4) is 11.5 Å². The van der Waals surface area contributed by atoms with E-state index in [2.05, 4.69) is 0 Å². The Balaban J connectivity index is 2.02. The summed E-state index contributed by atoms with van der Waals surface area (Å²) in [5.41, 5.74) is -0.304. The molecule has 11 heteroatoms. The highest BCUT2D eigenvalue weighted by Gasteiger charge is 2.37. The number of rotatable bonds is 4. The van der Waals surface area contributed by atoms with Crippen molar-refractivity contribution < 1.29 is 29.2 Å². The van der Waals surface area contributed by atoms with Gasteiger partial charge in [-0.05, 0) is 35.9 Å². The average Bonchev–Trinajstić information content (AvgIpc) is 2.68. The van der Waals surface area contributed by atoms with Crippen LogP contribution in [0.25, 0.3) is 6.08 Å². The number of urea groups is 1. The van der Waals surface area contributed by atoms with Crippen molar-refractivity contribution in [2.75, 3.05) is 12.0 Å². The van der Waals surface area contributed by atoms with E-state index in [4.69, 9.17) is 16.3 Å². The fraction of sp³-hybridized carbons (Fsp3) is 0.0556. The average molecular weight is 418 g/mol. The van der Waals surface area contributed by atoms with Crippen molar-refractivity contribution in [2.45, 2.75) is 0 Å². The molecule has 0 aromatic heterocycles. The standard InChI is InChI=1S/C18H12ClN3O7/c1-29-14-8-9(7-13(19)15(14)23)6-12-16(24)20-18(26)21(17(12)25)10-2-4-11(5-3-10)22(27)28/h2-8,23H,1H3,(H,20,24,26). The molecule has 2 N–H and O–H groups in total. The van der Waals surface area contributed by atoms with Crippen LogP contribution in [0.1, 0.15) is 5.56 Å². The van der Waals surface area contributed by atoms with Gasteiger partial charge in [-0.1, -0.05) is 11.6 Å². The summed E-state index contributed by atoms with van der Waals surface area (Å²) in [4.78, 5) is 48.0. The third-order valence-electron chi connectivity index (χ3n) is 4.00. The van der Waals surface area contributed by atoms with Gasteiger partial charge in [0.2, 0.25) is 0 Å². The number of hydrogen-bond acceptors (Lipinski definition) is 7. The highest BCUT2D eigenvalue weighted by Crippen LogP contribution is 2.36. The monoisotopic (exact) mass is 417 g/mol. The summed E-state index contributed by atoms with van der Waals surface area (Å²) >= 11 is 5.91. The fourth-order valence-corrected chi connectivity index (χ4v) is 2.83. The van der Waals surface area contributed by atoms with Gasteiger partial charge in [0.15, 0.2) is 11.5 Å². The zero-order valence-electron chi connectivity index (χ0n) is 14.7. The van der Waals surface area contributed by atoms with Gasteiger partial charge in [0.05, 0.1) is 22.7 Å². The highest BCUT2D eigenvalue weighted by molar-refractivity contribution is 6.39. The number of barbiturate groups is 1. The Kier molecular flexibility index (Phi) is 5.20. The summed E-state index contributed by atoms with van der Waals surface area (Å²) in [7, 11) is 1.30. The molecule has 0 aliphatic carbocycles. The van der Waals surface area contributed by atoms with Gasteiger partial charge in [0.1, 0.15) is 5.57 Å². The first-order chi connectivity index (χ1) is 13.7. The number of ether oxygens (including phenoxy) is 1. The molecule has 1 aliphatic rings. The minimum absolute atomic E-state index is 0.0244. The van der Waals surface area contributed by atoms with E-state index < -0.39 is 22.8 Å². The lowest BCUT2D eigenvalue weighted by molar-refractivity contribution is -0.384. The first-order valence-corrected chi connectivity index (χ1v) is 8.33. The molecule has 0 unspecified atom stereocenters. The Bertz CT molecular complexity index is 1080. The van der Waals surface area contributed by atoms with Crippen molar-refractivity contribution in [3.05, 3.63) is 62.7 Å². The number of aromatic hydroxyl groups is 1. The molecule has 29 heavy (non-hydrogen) atoms. The number of anilines is 1. The van der Waals surface area contributed by atoms with Crippen LogP contribution < -0.4 is 15.0 Å². The lowest BCUT2D eigenvalue weighted by Crippen LogP contribution is -2.54. The third-order valence-corrected chi connectivity index (χ3v) is 4.29. The Morgan fingerprint density at radius 1 is 1.21 bits per heavy atom. The molecule has 1 heterocycles. The van der Waals surface area contributed by atoms with Crippen molar-refractivity contribution in [1.82, 2.24) is 5.32 Å². The summed E-state index contributed by atoms with van der Waals surface area (Å²) in [6, 6.07) is 6.33. The van der Waals surface area contributed by atoms with Gasteiger partial charge in [-0.3, -0.25) is 25.0 Å². The van der Waals surface area contributed by atoms with E-state index in [1.165, 1.54) is 37.5 Å². The molecule has 0 atom stereocenters. The quantitative estimate of drug-likeness (QED) is 0.337. The molecule has 1 fully saturated rings. The maximum absolute atomic E-state index is 12.8. The fourth-order valence-electron chi connectivity index (χ4n) is 2.61. The number of imide groups is 2. The van der Waals surface area contributed by atoms with Crippen LogP contribution in [0.4, 0.5) is 16.2 Å². The molecular formula is C18H12ClN3O7. The predicted molar refractivity (Wildman–Crippen MR) is 102 cm³/mol. The molecule has 1 aliphatic heterocycles. The number of carbonyl (C=O) groups excluding carboxylic acids is 3. The number of phenols is 1. The molecule has 2 aromatic carbocycles. The molecule has 3 rings (SSSR count). The highest BCUT2D eigenvalue weighted by atomic mass is 35.5. The van der Waals surface area contributed by atoms with E-state index in [0.717, 1.165) is 12.1 Å². The first-order valence-electron chi connectivity index (χ1n) is 7.95. The summed E-state index contributed by atoms with van der Waals surface area (Å²) in [6.45, 7) is 0. The first kappa shape index (κ1) is 19.8. The molecule has 0 radical (unpaired) electrons. The maximum atomic E-state index is 12.8. The zero-order chi connectivity index (χ0) is 21.3. The van der Waals surface area contributed by atoms with Crippen LogP contribution in [0.15, 0.2) is 42.0 Å². The smallest absolute Gasteiger partial charge is 0.335 e. The van der Waals surface area contributed by atoms with Crippen LogP contribution >= 0.6 is 11.6 Å². The molecule has 4 amide bonds. The number of halogens is 1. The number of nitro benzene ring substituents is 1. The molecular weight excluding hydrogens is 406 g/mol. The Hall–Kier alpha value is -3.92. The van der Waals surface area contributed by atoms with Crippen LogP contribution in [-0.2, 0) is 9.59 Å². The number of phenolic OH excluding ortho intramolecular Hbond substituents is 1. The second kappa shape index (κ2) is 7.60. The van der Waals surface area contributed by atoms with E-state index in [9.17, 15) is 29.6 Å². The van der Waals surface area contributed by atoms with Crippen LogP contribution in [0.2, 0.25) is 5.02 Å². The number of nitrogens with one attached hydrogen (secondary N) is 1. The van der Waals surface area contributed by atoms with Gasteiger partial charge in [-0.2, -0.15) is 0 Å². The minimum atomic E-state index is -0.993. The van der Waals surface area contributed by atoms with E-state index in [0.29, 0.717) is 4.90 Å². The topological polar surface area (TPSA) is 139 Å². The lowest BCUT2D eigenvalue weighted by Gasteiger charge is -2.26. The molecule has 10 nitrogen and oxygen atoms in total. The summed E-state index contributed by atoms with van der Waals surface area (Å²) < 4.78 is 4.98. The molecule has 0 spiro atoms. The van der Waals surface area contributed by atoms with Gasteiger partial charge >= 0.3 is 6.03 Å². The maximum Gasteiger partial charge on any atom is 0.335 e. The normalized spacial score (nSPS) is 15.4. The van der Waals surface area contributed by atoms with E-state index in [-0.39, 0.29) is 39.0 Å². The number of methoxy groups -OCH3 is 1. The van der Waals surface area contributed by atoms with Gasteiger partial charge in [-0.15, -0.1) is 0 Å². The number of amides is 4. The summed E-state index contributed by atoms with van der Waals surface area (Å²) in [5, 5.41) is 22.5. The van der Waals surface area contributed by atoms with Crippen LogP contribution in [-0.4, -0.2) is 35.0 Å². The largest absolute Gasteiger partial charge is 0.503 e. The second-order valence-electron chi connectivity index (χ2n) is 5.78. The third kappa shape index (κ3) is 3.73. The van der Waals surface area contributed by atoms with Crippen molar-refractivity contribution in [3.63, 3.8) is 0 Å². The Morgan fingerprint density at radius 3 is 2.45 bits per heavy atom. The summed E-state index contributed by atoms with van der Waals surface area (Å²) in [6.07, 6.45) is 1.18. The SMILES string of the molecule is COc1cc(C=C2C(=O)NC(=O)N(c3ccc([N+](=O)[O-])cc3)C2=O)cc(Cl)c1O. The minimum Gasteiger partial charge on any atom is -0.503 e. The molecule has 0 saturated carbocycles. The Morgan fingerprint density at radius 2 is 1.86 bits per heavy atom. The molecule has 0 bridgehead atoms. The second-order valence-corrected chi connectivity index (χ2v) is 6.19. The van der Waals surface area contributed by atoms with Gasteiger partial charge in [0, 0.05) is 12.1 Å². The van der Waals surface area contributed by atoms with Crippen LogP contribution in [0.3, 0.4) is 0 Å². The van der Waals surface area contributed by atoms with Crippen molar-refractivity contribution >= 4 is 46.9 Å². The van der Waals surface area contributed by atoms with Crippen LogP contribution in [0.5, 0.6) is 11.5 Å². The number of nitro groups is 1. The lowest BCUT2D eigenvalue weighted by atomic mass is 10.1. The zero-order valence-corrected chi connectivity index (χ0v) is 15.5. The predicted octanol–water partition coefficient (Wildman–Crippen LogP) is 2.63. The van der Waals surface area contributed by atoms with Gasteiger partial charge < -0.3 is 9.84 Å². The van der Waals surface area contributed by atoms with E-state index in [1.807, 2.05) is 5.32 Å². The molecule has 2 aromatic rings. The number of carbonyl (C=O) groups is 3. The van der Waals surface area contributed by atoms with Crippen molar-refractivity contribution in [1.29, 1.82) is 0 Å². The molecule has 1 saturated heterocycles. The van der Waals surface area contributed by atoms with Crippen molar-refractivity contribution in [2.24, 2.45) is 0 Å². The Labute approximate surface area is 168 Å². The van der Waals surface area contributed by atoms with Gasteiger partial charge in [0.25, 0.3) is 17.5 Å². The van der Waals surface area contributed by atoms with E-state index >= 15 is 0 Å². The van der Waals surface area contributed by atoms with E-state index in [1.54, 1.807) is 0 Å². The van der Waals surface area contributed by atoms with Crippen LogP contribution in [0, 0.1) is 10.1 Å². The number of benzene rings is 2. The molecule has 148 valence electrons. The number of non-ortho nitro benzene ring substituents is 1. The summed E-state index contributed by atoms with van der Waals surface area (Å²) in [5.74, 6) is -2.15. The van der Waals surface area contributed by atoms with Gasteiger partial charge in [-0.25, -0.2) is 9.69 Å².